The van der Waals surface area contributed by atoms with E-state index in [9.17, 15) is 14.0 Å². The van der Waals surface area contributed by atoms with Gasteiger partial charge in [0.1, 0.15) is 11.6 Å². The summed E-state index contributed by atoms with van der Waals surface area (Å²) < 4.78 is 19.6. The normalized spacial score (nSPS) is 28.1. The molecule has 1 aromatic heterocycles. The number of carbonyl (C=O) groups is 2. The van der Waals surface area contributed by atoms with Crippen molar-refractivity contribution >= 4 is 28.4 Å². The van der Waals surface area contributed by atoms with Gasteiger partial charge in [-0.1, -0.05) is 20.8 Å². The van der Waals surface area contributed by atoms with Crippen LogP contribution in [0.25, 0.3) is 10.9 Å². The third-order valence-electron chi connectivity index (χ3n) is 8.78. The smallest absolute Gasteiger partial charge is 0.243 e. The Bertz CT molecular complexity index is 1340. The molecule has 1 N–H and O–H groups in total. The lowest BCUT2D eigenvalue weighted by atomic mass is 9.56. The van der Waals surface area contributed by atoms with Crippen LogP contribution in [-0.2, 0) is 9.59 Å². The number of aromatic nitrogens is 1. The largest absolute Gasteiger partial charge is 0.497 e. The van der Waals surface area contributed by atoms with E-state index in [-0.39, 0.29) is 34.9 Å². The quantitative estimate of drug-likeness (QED) is 0.453. The third-order valence-corrected chi connectivity index (χ3v) is 8.78. The Hall–Kier alpha value is -3.15. The second-order valence-electron chi connectivity index (χ2n) is 11.5. The van der Waals surface area contributed by atoms with Gasteiger partial charge >= 0.3 is 0 Å². The standard InChI is InChI=1S/C29H31FN2O3/c1-29(2,3)15-5-11-19-20(13-15)24-25(26-23(19)21-14-16(30)6-12-22(21)31-26)28(34)32(27(24)33)17-7-9-18(35-4)10-8-17/h6-10,12,14-15,19-20,24-25,31H,5,11,13H2,1-4H3/t15-,19-,20+,24+,25-/m0/s1. The van der Waals surface area contributed by atoms with Gasteiger partial charge in [0.2, 0.25) is 11.8 Å². The van der Waals surface area contributed by atoms with E-state index in [1.807, 2.05) is 0 Å². The summed E-state index contributed by atoms with van der Waals surface area (Å²) >= 11 is 0. The first-order valence-corrected chi connectivity index (χ1v) is 12.5. The monoisotopic (exact) mass is 474 g/mol. The average molecular weight is 475 g/mol. The van der Waals surface area contributed by atoms with E-state index < -0.39 is 11.8 Å². The maximum atomic E-state index is 14.3. The SMILES string of the molecule is COc1ccc(N2C(=O)[C@@H]3[C@@H]4C[C@@H](C(C)(C)C)CC[C@@H]4c4c([nH]c5ccc(F)cc45)[C@H]3C2=O)cc1. The predicted octanol–water partition coefficient (Wildman–Crippen LogP) is 6.15. The molecule has 1 saturated heterocycles. The predicted molar refractivity (Wildman–Crippen MR) is 133 cm³/mol. The van der Waals surface area contributed by atoms with Crippen molar-refractivity contribution in [1.29, 1.82) is 0 Å². The van der Waals surface area contributed by atoms with Crippen molar-refractivity contribution in [2.45, 2.75) is 51.9 Å². The molecule has 1 aliphatic heterocycles. The summed E-state index contributed by atoms with van der Waals surface area (Å²) in [5.74, 6) is -0.271. The summed E-state index contributed by atoms with van der Waals surface area (Å²) in [5, 5.41) is 0.853. The van der Waals surface area contributed by atoms with Crippen molar-refractivity contribution in [1.82, 2.24) is 4.98 Å². The van der Waals surface area contributed by atoms with Gasteiger partial charge in [0, 0.05) is 16.6 Å². The molecule has 0 spiro atoms. The number of nitrogens with zero attached hydrogens (tertiary/aromatic N) is 1. The molecular formula is C29H31FN2O3. The van der Waals surface area contributed by atoms with Crippen LogP contribution in [0, 0.1) is 29.0 Å². The summed E-state index contributed by atoms with van der Waals surface area (Å²) in [5.41, 5.74) is 3.38. The van der Waals surface area contributed by atoms with Gasteiger partial charge in [-0.3, -0.25) is 9.59 Å². The van der Waals surface area contributed by atoms with Gasteiger partial charge in [-0.2, -0.15) is 0 Å². The minimum Gasteiger partial charge on any atom is -0.497 e. The van der Waals surface area contributed by atoms with Crippen LogP contribution >= 0.6 is 0 Å². The fourth-order valence-corrected chi connectivity index (χ4v) is 7.01. The van der Waals surface area contributed by atoms with Crippen molar-refractivity contribution in [2.75, 3.05) is 12.0 Å². The van der Waals surface area contributed by atoms with Gasteiger partial charge in [0.25, 0.3) is 0 Å². The molecule has 2 aliphatic carbocycles. The lowest BCUT2D eigenvalue weighted by Crippen LogP contribution is -2.41. The zero-order valence-electron chi connectivity index (χ0n) is 20.6. The number of amides is 2. The van der Waals surface area contributed by atoms with Gasteiger partial charge in [0.05, 0.1) is 24.6 Å². The van der Waals surface area contributed by atoms with Gasteiger partial charge in [-0.05, 0) is 90.5 Å². The molecule has 2 fully saturated rings. The van der Waals surface area contributed by atoms with Gasteiger partial charge in [0.15, 0.2) is 0 Å². The number of anilines is 1. The third kappa shape index (κ3) is 3.25. The zero-order valence-corrected chi connectivity index (χ0v) is 20.6. The number of hydrogen-bond donors (Lipinski definition) is 1. The second kappa shape index (κ2) is 7.67. The Kier molecular flexibility index (Phi) is 4.89. The molecule has 35 heavy (non-hydrogen) atoms. The fraction of sp³-hybridized carbons (Fsp3) is 0.448. The molecule has 2 aromatic carbocycles. The van der Waals surface area contributed by atoms with E-state index in [2.05, 4.69) is 25.8 Å². The molecule has 0 unspecified atom stereocenters. The average Bonchev–Trinajstić information content (AvgIpc) is 3.33. The lowest BCUT2D eigenvalue weighted by Gasteiger charge is -2.47. The first-order chi connectivity index (χ1) is 16.7. The first-order valence-electron chi connectivity index (χ1n) is 12.5. The number of nitrogens with one attached hydrogen (secondary N) is 1. The zero-order chi connectivity index (χ0) is 24.6. The Morgan fingerprint density at radius 1 is 1.03 bits per heavy atom. The maximum absolute atomic E-state index is 14.3. The summed E-state index contributed by atoms with van der Waals surface area (Å²) in [6.07, 6.45) is 2.90. The Labute approximate surface area is 204 Å². The Balaban J connectivity index is 1.51. The number of hydrogen-bond acceptors (Lipinski definition) is 3. The Morgan fingerprint density at radius 2 is 1.77 bits per heavy atom. The topological polar surface area (TPSA) is 62.4 Å². The van der Waals surface area contributed by atoms with Crippen molar-refractivity contribution in [2.24, 2.45) is 23.2 Å². The molecule has 1 saturated carbocycles. The van der Waals surface area contributed by atoms with Crippen LogP contribution in [0.1, 0.15) is 63.1 Å². The highest BCUT2D eigenvalue weighted by atomic mass is 19.1. The van der Waals surface area contributed by atoms with E-state index >= 15 is 0 Å². The number of aromatic amines is 1. The minimum atomic E-state index is -0.574. The molecule has 3 aromatic rings. The molecule has 6 rings (SSSR count). The number of ether oxygens (including phenoxy) is 1. The summed E-state index contributed by atoms with van der Waals surface area (Å²) in [6, 6.07) is 11.9. The number of rotatable bonds is 2. The Morgan fingerprint density at radius 3 is 2.46 bits per heavy atom. The molecular weight excluding hydrogens is 443 g/mol. The molecule has 182 valence electrons. The lowest BCUT2D eigenvalue weighted by molar-refractivity contribution is -0.123. The molecule has 6 heteroatoms. The molecule has 5 nitrogen and oxygen atoms in total. The second-order valence-corrected chi connectivity index (χ2v) is 11.5. The van der Waals surface area contributed by atoms with Crippen LogP contribution in [0.5, 0.6) is 5.75 Å². The number of carbonyl (C=O) groups excluding carboxylic acids is 2. The number of halogens is 1. The summed E-state index contributed by atoms with van der Waals surface area (Å²) in [7, 11) is 1.59. The molecule has 3 aliphatic rings. The van der Waals surface area contributed by atoms with Crippen LogP contribution in [0.3, 0.4) is 0 Å². The fourth-order valence-electron chi connectivity index (χ4n) is 7.01. The molecule has 0 bridgehead atoms. The number of imide groups is 1. The van der Waals surface area contributed by atoms with Crippen LogP contribution < -0.4 is 9.64 Å². The summed E-state index contributed by atoms with van der Waals surface area (Å²) in [6.45, 7) is 6.78. The molecule has 0 radical (unpaired) electrons. The number of benzene rings is 2. The van der Waals surface area contributed by atoms with Gasteiger partial charge in [-0.15, -0.1) is 0 Å². The molecule has 2 heterocycles. The minimum absolute atomic E-state index is 0.0486. The van der Waals surface area contributed by atoms with Crippen LogP contribution in [-0.4, -0.2) is 23.9 Å². The van der Waals surface area contributed by atoms with Crippen molar-refractivity contribution in [3.63, 3.8) is 0 Å². The highest BCUT2D eigenvalue weighted by Gasteiger charge is 2.59. The van der Waals surface area contributed by atoms with Crippen molar-refractivity contribution in [3.05, 3.63) is 59.5 Å². The first kappa shape index (κ1) is 22.3. The maximum Gasteiger partial charge on any atom is 0.243 e. The molecule has 2 amide bonds. The number of methoxy groups -OCH3 is 1. The van der Waals surface area contributed by atoms with Crippen LogP contribution in [0.4, 0.5) is 10.1 Å². The van der Waals surface area contributed by atoms with E-state index in [1.54, 1.807) is 43.5 Å². The van der Waals surface area contributed by atoms with E-state index in [0.717, 1.165) is 41.4 Å². The highest BCUT2D eigenvalue weighted by Crippen LogP contribution is 2.60. The molecule has 5 atom stereocenters. The van der Waals surface area contributed by atoms with Crippen molar-refractivity contribution < 1.29 is 18.7 Å². The van der Waals surface area contributed by atoms with Crippen molar-refractivity contribution in [3.8, 4) is 5.75 Å². The van der Waals surface area contributed by atoms with Gasteiger partial charge in [-0.25, -0.2) is 9.29 Å². The van der Waals surface area contributed by atoms with Crippen LogP contribution in [0.15, 0.2) is 42.5 Å². The highest BCUT2D eigenvalue weighted by molar-refractivity contribution is 6.24. The van der Waals surface area contributed by atoms with E-state index in [0.29, 0.717) is 17.4 Å². The van der Waals surface area contributed by atoms with E-state index in [4.69, 9.17) is 4.74 Å². The van der Waals surface area contributed by atoms with Crippen LogP contribution in [0.2, 0.25) is 0 Å². The number of fused-ring (bicyclic) bond motifs is 8. The van der Waals surface area contributed by atoms with Gasteiger partial charge < -0.3 is 9.72 Å². The number of H-pyrrole nitrogens is 1. The van der Waals surface area contributed by atoms with E-state index in [1.165, 1.54) is 11.0 Å². The summed E-state index contributed by atoms with van der Waals surface area (Å²) in [4.78, 5) is 32.8.